The Morgan fingerprint density at radius 2 is 1.88 bits per heavy atom. The number of anilines is 1. The highest BCUT2D eigenvalue weighted by Crippen LogP contribution is 2.24. The first-order valence-electron chi connectivity index (χ1n) is 10.3. The highest BCUT2D eigenvalue weighted by Gasteiger charge is 2.20. The average molecular weight is 440 g/mol. The van der Waals surface area contributed by atoms with Crippen LogP contribution in [0.2, 0.25) is 0 Å². The van der Waals surface area contributed by atoms with E-state index in [0.29, 0.717) is 17.0 Å². The fourth-order valence-electron chi connectivity index (χ4n) is 3.56. The molecular weight excluding hydrogens is 420 g/mol. The van der Waals surface area contributed by atoms with Gasteiger partial charge in [0.05, 0.1) is 5.56 Å². The number of fused-ring (bicyclic) bond motifs is 1. The predicted molar refractivity (Wildman–Crippen MR) is 123 cm³/mol. The van der Waals surface area contributed by atoms with E-state index >= 15 is 0 Å². The van der Waals surface area contributed by atoms with Crippen molar-refractivity contribution in [3.05, 3.63) is 89.0 Å². The Bertz CT molecular complexity index is 1520. The Labute approximate surface area is 188 Å². The van der Waals surface area contributed by atoms with Gasteiger partial charge in [0, 0.05) is 24.5 Å². The normalized spacial score (nSPS) is 11.1. The molecule has 9 heteroatoms. The summed E-state index contributed by atoms with van der Waals surface area (Å²) in [6.07, 6.45) is 1.59. The van der Waals surface area contributed by atoms with E-state index < -0.39 is 5.69 Å². The van der Waals surface area contributed by atoms with Crippen LogP contribution < -0.4 is 10.6 Å². The zero-order valence-electron chi connectivity index (χ0n) is 18.0. The van der Waals surface area contributed by atoms with E-state index in [2.05, 4.69) is 15.2 Å². The number of pyridine rings is 1. The fraction of sp³-hybridized carbons (Fsp3) is 0.125. The van der Waals surface area contributed by atoms with Crippen molar-refractivity contribution in [3.8, 4) is 22.8 Å². The van der Waals surface area contributed by atoms with Crippen molar-refractivity contribution in [2.75, 3.05) is 11.9 Å². The minimum Gasteiger partial charge on any atom is -0.333 e. The minimum atomic E-state index is -0.430. The van der Waals surface area contributed by atoms with Gasteiger partial charge in [-0.1, -0.05) is 47.6 Å². The van der Waals surface area contributed by atoms with Crippen LogP contribution in [0.25, 0.3) is 28.5 Å². The van der Waals surface area contributed by atoms with E-state index in [-0.39, 0.29) is 18.3 Å². The van der Waals surface area contributed by atoms with Gasteiger partial charge in [-0.3, -0.25) is 4.79 Å². The Morgan fingerprint density at radius 3 is 2.67 bits per heavy atom. The monoisotopic (exact) mass is 440 g/mol. The lowest BCUT2D eigenvalue weighted by molar-refractivity contribution is -0.119. The van der Waals surface area contributed by atoms with Crippen molar-refractivity contribution in [1.29, 1.82) is 0 Å². The molecule has 0 aliphatic heterocycles. The number of hydrogen-bond donors (Lipinski definition) is 0. The predicted octanol–water partition coefficient (Wildman–Crippen LogP) is 3.18. The van der Waals surface area contributed by atoms with Gasteiger partial charge >= 0.3 is 5.69 Å². The van der Waals surface area contributed by atoms with E-state index in [1.165, 1.54) is 9.30 Å². The van der Waals surface area contributed by atoms with Crippen LogP contribution in [0.15, 0.2) is 82.2 Å². The molecule has 0 N–H and O–H groups in total. The smallest absolute Gasteiger partial charge is 0.333 e. The number of carbonyl (C=O) groups is 1. The van der Waals surface area contributed by atoms with Crippen molar-refractivity contribution < 1.29 is 9.32 Å². The second-order valence-corrected chi connectivity index (χ2v) is 7.64. The van der Waals surface area contributed by atoms with Gasteiger partial charge in [0.1, 0.15) is 6.54 Å². The van der Waals surface area contributed by atoms with Crippen LogP contribution in [0, 0.1) is 6.92 Å². The summed E-state index contributed by atoms with van der Waals surface area (Å²) in [5, 5.41) is 8.44. The van der Waals surface area contributed by atoms with Crippen LogP contribution >= 0.6 is 0 Å². The van der Waals surface area contributed by atoms with E-state index in [1.807, 2.05) is 61.5 Å². The largest absolute Gasteiger partial charge is 0.350 e. The van der Waals surface area contributed by atoms with Crippen molar-refractivity contribution in [2.45, 2.75) is 13.5 Å². The molecule has 0 fully saturated rings. The molecule has 0 aliphatic carbocycles. The zero-order chi connectivity index (χ0) is 22.9. The Hall–Kier alpha value is -4.53. The van der Waals surface area contributed by atoms with Crippen LogP contribution in [0.5, 0.6) is 0 Å². The quantitative estimate of drug-likeness (QED) is 0.416. The van der Waals surface area contributed by atoms with E-state index in [4.69, 9.17) is 4.52 Å². The van der Waals surface area contributed by atoms with Crippen LogP contribution in [0.4, 0.5) is 5.69 Å². The SMILES string of the molecule is Cc1cccc(N(C)C(=O)Cn2nc3c(-c4nc(-c5ccccc5)no4)cccn3c2=O)c1. The number of aryl methyl sites for hydroxylation is 1. The third kappa shape index (κ3) is 3.80. The molecule has 3 heterocycles. The maximum atomic E-state index is 12.9. The molecule has 3 aromatic heterocycles. The van der Waals surface area contributed by atoms with E-state index in [9.17, 15) is 9.59 Å². The van der Waals surface area contributed by atoms with Gasteiger partial charge in [-0.15, -0.1) is 5.10 Å². The molecule has 0 radical (unpaired) electrons. The lowest BCUT2D eigenvalue weighted by atomic mass is 10.2. The third-order valence-electron chi connectivity index (χ3n) is 5.35. The molecule has 33 heavy (non-hydrogen) atoms. The maximum absolute atomic E-state index is 12.9. The maximum Gasteiger partial charge on any atom is 0.350 e. The summed E-state index contributed by atoms with van der Waals surface area (Å²) >= 11 is 0. The topological polar surface area (TPSA) is 98.5 Å². The number of benzene rings is 2. The lowest BCUT2D eigenvalue weighted by Crippen LogP contribution is -2.34. The standard InChI is InChI=1S/C24H20N6O3/c1-16-8-6-11-18(14-16)28(2)20(31)15-30-24(32)29-13-7-12-19(22(29)26-30)23-25-21(27-33-23)17-9-4-3-5-10-17/h3-14H,15H2,1-2H3. The Morgan fingerprint density at radius 1 is 1.06 bits per heavy atom. The summed E-state index contributed by atoms with van der Waals surface area (Å²) in [6.45, 7) is 1.75. The first-order chi connectivity index (χ1) is 16.0. The van der Waals surface area contributed by atoms with Gasteiger partial charge in [-0.2, -0.15) is 4.98 Å². The number of likely N-dealkylation sites (N-methyl/N-ethyl adjacent to an activating group) is 1. The first kappa shape index (κ1) is 20.4. The summed E-state index contributed by atoms with van der Waals surface area (Å²) in [5.41, 5.74) is 3.00. The van der Waals surface area contributed by atoms with Crippen molar-refractivity contribution in [2.24, 2.45) is 0 Å². The van der Waals surface area contributed by atoms with Gasteiger partial charge in [-0.25, -0.2) is 13.9 Å². The number of hydrogen-bond acceptors (Lipinski definition) is 6. The van der Waals surface area contributed by atoms with Crippen molar-refractivity contribution >= 4 is 17.2 Å². The van der Waals surface area contributed by atoms with Gasteiger partial charge in [0.15, 0.2) is 5.65 Å². The summed E-state index contributed by atoms with van der Waals surface area (Å²) in [4.78, 5) is 31.7. The summed E-state index contributed by atoms with van der Waals surface area (Å²) in [6, 6.07) is 20.5. The van der Waals surface area contributed by atoms with E-state index in [1.54, 1.807) is 25.4 Å². The number of amides is 1. The number of carbonyl (C=O) groups excluding carboxylic acids is 1. The molecule has 0 spiro atoms. The molecule has 5 rings (SSSR count). The van der Waals surface area contributed by atoms with Gasteiger partial charge in [-0.05, 0) is 36.8 Å². The average Bonchev–Trinajstić information content (AvgIpc) is 3.44. The Kier molecular flexibility index (Phi) is 5.06. The molecule has 0 saturated carbocycles. The molecule has 0 saturated heterocycles. The van der Waals surface area contributed by atoms with Crippen LogP contribution in [0.3, 0.4) is 0 Å². The van der Waals surface area contributed by atoms with Gasteiger partial charge in [0.2, 0.25) is 11.7 Å². The van der Waals surface area contributed by atoms with E-state index in [0.717, 1.165) is 21.5 Å². The number of aromatic nitrogens is 5. The van der Waals surface area contributed by atoms with Crippen molar-refractivity contribution in [3.63, 3.8) is 0 Å². The molecule has 9 nitrogen and oxygen atoms in total. The highest BCUT2D eigenvalue weighted by atomic mass is 16.5. The summed E-state index contributed by atoms with van der Waals surface area (Å²) < 4.78 is 7.95. The molecule has 0 unspecified atom stereocenters. The summed E-state index contributed by atoms with van der Waals surface area (Å²) in [5.74, 6) is 0.404. The highest BCUT2D eigenvalue weighted by molar-refractivity contribution is 5.92. The number of nitrogens with zero attached hydrogens (tertiary/aromatic N) is 6. The van der Waals surface area contributed by atoms with Crippen LogP contribution in [0.1, 0.15) is 5.56 Å². The molecule has 2 aromatic carbocycles. The molecule has 0 aliphatic rings. The Balaban J connectivity index is 1.48. The zero-order valence-corrected chi connectivity index (χ0v) is 18.0. The first-order valence-corrected chi connectivity index (χ1v) is 10.3. The second kappa shape index (κ2) is 8.19. The summed E-state index contributed by atoms with van der Waals surface area (Å²) in [7, 11) is 1.67. The lowest BCUT2D eigenvalue weighted by Gasteiger charge is -2.17. The number of rotatable bonds is 5. The third-order valence-corrected chi connectivity index (χ3v) is 5.35. The molecular formula is C24H20N6O3. The van der Waals surface area contributed by atoms with Gasteiger partial charge < -0.3 is 9.42 Å². The van der Waals surface area contributed by atoms with Crippen LogP contribution in [-0.2, 0) is 11.3 Å². The molecule has 164 valence electrons. The second-order valence-electron chi connectivity index (χ2n) is 7.64. The van der Waals surface area contributed by atoms with Crippen molar-refractivity contribution in [1.82, 2.24) is 24.3 Å². The molecule has 0 bridgehead atoms. The van der Waals surface area contributed by atoms with Gasteiger partial charge in [0.25, 0.3) is 5.89 Å². The molecule has 1 amide bonds. The van der Waals surface area contributed by atoms with Crippen LogP contribution in [-0.4, -0.2) is 37.3 Å². The molecule has 0 atom stereocenters. The molecule has 5 aromatic rings. The minimum absolute atomic E-state index is 0.205. The fourth-order valence-corrected chi connectivity index (χ4v) is 3.56.